The van der Waals surface area contributed by atoms with Crippen molar-refractivity contribution < 1.29 is 17.9 Å². The van der Waals surface area contributed by atoms with Crippen molar-refractivity contribution in [2.24, 2.45) is 0 Å². The van der Waals surface area contributed by atoms with E-state index in [2.05, 4.69) is 15.0 Å². The fraction of sp³-hybridized carbons (Fsp3) is 0.700. The number of halogens is 3. The zero-order valence-corrected chi connectivity index (χ0v) is 10.3. The van der Waals surface area contributed by atoms with Crippen molar-refractivity contribution in [2.75, 3.05) is 19.8 Å². The van der Waals surface area contributed by atoms with Crippen molar-refractivity contribution in [1.82, 2.24) is 10.3 Å². The minimum atomic E-state index is -4.26. The Hall–Kier alpha value is -0.660. The highest BCUT2D eigenvalue weighted by atomic mass is 32.1. The van der Waals surface area contributed by atoms with Crippen LogP contribution in [0.25, 0.3) is 0 Å². The van der Waals surface area contributed by atoms with E-state index in [9.17, 15) is 13.2 Å². The summed E-state index contributed by atoms with van der Waals surface area (Å²) in [4.78, 5) is 4.96. The monoisotopic (exact) mass is 268 g/mol. The normalized spacial score (nSPS) is 13.9. The van der Waals surface area contributed by atoms with Crippen molar-refractivity contribution in [3.8, 4) is 0 Å². The van der Waals surface area contributed by atoms with Gasteiger partial charge in [0.25, 0.3) is 0 Å². The van der Waals surface area contributed by atoms with Gasteiger partial charge in [0.1, 0.15) is 6.61 Å². The van der Waals surface area contributed by atoms with Gasteiger partial charge >= 0.3 is 6.18 Å². The largest absolute Gasteiger partial charge is 0.411 e. The van der Waals surface area contributed by atoms with Gasteiger partial charge in [0.05, 0.1) is 12.1 Å². The maximum Gasteiger partial charge on any atom is 0.411 e. The zero-order valence-electron chi connectivity index (χ0n) is 9.46. The molecular weight excluding hydrogens is 253 g/mol. The molecule has 0 radical (unpaired) electrons. The quantitative estimate of drug-likeness (QED) is 0.823. The topological polar surface area (TPSA) is 34.1 Å². The van der Waals surface area contributed by atoms with E-state index in [1.807, 2.05) is 6.92 Å². The number of hydrogen-bond acceptors (Lipinski definition) is 4. The molecule has 0 amide bonds. The molecule has 0 aliphatic heterocycles. The van der Waals surface area contributed by atoms with E-state index in [-0.39, 0.29) is 12.6 Å². The van der Waals surface area contributed by atoms with Crippen LogP contribution in [0.2, 0.25) is 0 Å². The maximum absolute atomic E-state index is 11.9. The first-order valence-corrected chi connectivity index (χ1v) is 6.14. The lowest BCUT2D eigenvalue weighted by molar-refractivity contribution is -0.175. The summed E-state index contributed by atoms with van der Waals surface area (Å²) < 4.78 is 40.4. The van der Waals surface area contributed by atoms with Crippen LogP contribution in [0, 0.1) is 0 Å². The molecule has 0 aromatic carbocycles. The third-order valence-electron chi connectivity index (χ3n) is 2.01. The molecule has 1 atom stereocenters. The lowest BCUT2D eigenvalue weighted by Crippen LogP contribution is -2.36. The van der Waals surface area contributed by atoms with Gasteiger partial charge in [0.2, 0.25) is 0 Å². The first-order valence-electron chi connectivity index (χ1n) is 5.26. The fourth-order valence-corrected chi connectivity index (χ4v) is 2.06. The molecular formula is C10H15F3N2OS. The van der Waals surface area contributed by atoms with Crippen molar-refractivity contribution >= 4 is 11.3 Å². The molecule has 0 fully saturated rings. The third-order valence-corrected chi connectivity index (χ3v) is 2.81. The van der Waals surface area contributed by atoms with Crippen LogP contribution in [0.4, 0.5) is 13.2 Å². The lowest BCUT2D eigenvalue weighted by Gasteiger charge is -2.17. The Morgan fingerprint density at radius 2 is 2.29 bits per heavy atom. The van der Waals surface area contributed by atoms with Crippen LogP contribution >= 0.6 is 11.3 Å². The van der Waals surface area contributed by atoms with Crippen molar-refractivity contribution in [1.29, 1.82) is 0 Å². The standard InChI is InChI=1S/C10H15F3N2OS/c1-2-15-8(3-9-4-14-7-17-9)5-16-6-10(11,12)13/h4,7-8,15H,2-3,5-6H2,1H3. The predicted octanol–water partition coefficient (Wildman–Crippen LogP) is 2.24. The number of alkyl halides is 3. The van der Waals surface area contributed by atoms with E-state index in [1.165, 1.54) is 11.3 Å². The van der Waals surface area contributed by atoms with E-state index in [4.69, 9.17) is 0 Å². The number of thiazole rings is 1. The van der Waals surface area contributed by atoms with Gasteiger partial charge in [-0.3, -0.25) is 4.98 Å². The van der Waals surface area contributed by atoms with E-state index in [1.54, 1.807) is 11.7 Å². The van der Waals surface area contributed by atoms with Gasteiger partial charge < -0.3 is 10.1 Å². The highest BCUT2D eigenvalue weighted by Gasteiger charge is 2.27. The summed E-state index contributed by atoms with van der Waals surface area (Å²) in [6, 6.07) is -0.109. The summed E-state index contributed by atoms with van der Waals surface area (Å²) >= 11 is 1.49. The van der Waals surface area contributed by atoms with Gasteiger partial charge in [-0.1, -0.05) is 6.92 Å². The molecule has 1 N–H and O–H groups in total. The van der Waals surface area contributed by atoms with Crippen LogP contribution < -0.4 is 5.32 Å². The highest BCUT2D eigenvalue weighted by Crippen LogP contribution is 2.15. The minimum Gasteiger partial charge on any atom is -0.370 e. The Bertz CT molecular complexity index is 303. The van der Waals surface area contributed by atoms with Gasteiger partial charge in [-0.25, -0.2) is 0 Å². The van der Waals surface area contributed by atoms with E-state index < -0.39 is 12.8 Å². The average molecular weight is 268 g/mol. The minimum absolute atomic E-state index is 0.0469. The first kappa shape index (κ1) is 14.4. The fourth-order valence-electron chi connectivity index (χ4n) is 1.38. The maximum atomic E-state index is 11.9. The zero-order chi connectivity index (χ0) is 12.7. The van der Waals surface area contributed by atoms with Crippen LogP contribution in [0.1, 0.15) is 11.8 Å². The highest BCUT2D eigenvalue weighted by molar-refractivity contribution is 7.09. The number of hydrogen-bond donors (Lipinski definition) is 1. The molecule has 17 heavy (non-hydrogen) atoms. The SMILES string of the molecule is CCNC(COCC(F)(F)F)Cc1cncs1. The molecule has 0 saturated carbocycles. The molecule has 0 spiro atoms. The second kappa shape index (κ2) is 6.93. The average Bonchev–Trinajstić information content (AvgIpc) is 2.68. The number of aromatic nitrogens is 1. The van der Waals surface area contributed by atoms with Crippen LogP contribution in [-0.4, -0.2) is 37.0 Å². The van der Waals surface area contributed by atoms with E-state index >= 15 is 0 Å². The summed E-state index contributed by atoms with van der Waals surface area (Å²) in [6.07, 6.45) is -1.91. The van der Waals surface area contributed by atoms with Crippen LogP contribution in [0.5, 0.6) is 0 Å². The smallest absolute Gasteiger partial charge is 0.370 e. The first-order chi connectivity index (χ1) is 8.01. The number of nitrogens with zero attached hydrogens (tertiary/aromatic N) is 1. The molecule has 3 nitrogen and oxygen atoms in total. The molecule has 1 aromatic rings. The van der Waals surface area contributed by atoms with E-state index in [0.29, 0.717) is 13.0 Å². The molecule has 1 rings (SSSR count). The molecule has 7 heteroatoms. The Morgan fingerprint density at radius 1 is 1.53 bits per heavy atom. The van der Waals surface area contributed by atoms with Gasteiger partial charge in [-0.05, 0) is 6.54 Å². The second-order valence-electron chi connectivity index (χ2n) is 3.56. The van der Waals surface area contributed by atoms with Crippen LogP contribution in [0.3, 0.4) is 0 Å². The van der Waals surface area contributed by atoms with Crippen LogP contribution in [0.15, 0.2) is 11.7 Å². The Labute approximate surface area is 102 Å². The molecule has 98 valence electrons. The number of nitrogens with one attached hydrogen (secondary N) is 1. The second-order valence-corrected chi connectivity index (χ2v) is 4.53. The number of ether oxygens (including phenoxy) is 1. The molecule has 0 saturated heterocycles. The summed E-state index contributed by atoms with van der Waals surface area (Å²) in [5, 5.41) is 3.09. The number of rotatable bonds is 7. The Balaban J connectivity index is 2.33. The summed E-state index contributed by atoms with van der Waals surface area (Å²) in [5.41, 5.74) is 1.70. The van der Waals surface area contributed by atoms with Gasteiger partial charge in [0.15, 0.2) is 0 Å². The predicted molar refractivity (Wildman–Crippen MR) is 60.2 cm³/mol. The summed E-state index contributed by atoms with van der Waals surface area (Å²) in [5.74, 6) is 0. The van der Waals surface area contributed by atoms with Crippen molar-refractivity contribution in [3.63, 3.8) is 0 Å². The van der Waals surface area contributed by atoms with Gasteiger partial charge in [0, 0.05) is 23.5 Å². The lowest BCUT2D eigenvalue weighted by atomic mass is 10.2. The third kappa shape index (κ3) is 6.60. The molecule has 1 heterocycles. The molecule has 1 unspecified atom stereocenters. The van der Waals surface area contributed by atoms with Gasteiger partial charge in [-0.2, -0.15) is 13.2 Å². The summed E-state index contributed by atoms with van der Waals surface area (Å²) in [6.45, 7) is 1.45. The van der Waals surface area contributed by atoms with Crippen molar-refractivity contribution in [2.45, 2.75) is 25.6 Å². The molecule has 1 aromatic heterocycles. The number of likely N-dealkylation sites (N-methyl/N-ethyl adjacent to an activating group) is 1. The Kier molecular flexibility index (Phi) is 5.87. The molecule has 0 aliphatic carbocycles. The van der Waals surface area contributed by atoms with Crippen molar-refractivity contribution in [3.05, 3.63) is 16.6 Å². The van der Waals surface area contributed by atoms with Crippen LogP contribution in [-0.2, 0) is 11.2 Å². The molecule has 0 bridgehead atoms. The Morgan fingerprint density at radius 3 is 2.82 bits per heavy atom. The van der Waals surface area contributed by atoms with E-state index in [0.717, 1.165) is 4.88 Å². The summed E-state index contributed by atoms with van der Waals surface area (Å²) in [7, 11) is 0. The molecule has 0 aliphatic rings. The van der Waals surface area contributed by atoms with Gasteiger partial charge in [-0.15, -0.1) is 11.3 Å².